The number of ether oxygens (including phenoxy) is 3. The number of pyridine rings is 1. The number of methoxy groups -OCH3 is 1. The Morgan fingerprint density at radius 3 is 2.63 bits per heavy atom. The average molecular weight is 479 g/mol. The lowest BCUT2D eigenvalue weighted by molar-refractivity contribution is 0.0986. The summed E-state index contributed by atoms with van der Waals surface area (Å²) in [7, 11) is 1.59. The van der Waals surface area contributed by atoms with E-state index in [9.17, 15) is 4.79 Å². The van der Waals surface area contributed by atoms with E-state index in [2.05, 4.69) is 16.7 Å². The Labute approximate surface area is 204 Å². The summed E-state index contributed by atoms with van der Waals surface area (Å²) >= 11 is 0. The van der Waals surface area contributed by atoms with E-state index in [1.807, 2.05) is 24.3 Å². The number of benzene rings is 1. The zero-order chi connectivity index (χ0) is 24.4. The molecule has 10 nitrogen and oxygen atoms in total. The molecule has 0 spiro atoms. The maximum atomic E-state index is 12.1. The highest BCUT2D eigenvalue weighted by Gasteiger charge is 2.25. The number of nitrogens with zero attached hydrogens (tertiary/aromatic N) is 5. The van der Waals surface area contributed by atoms with Gasteiger partial charge in [-0.15, -0.1) is 0 Å². The second-order valence-corrected chi connectivity index (χ2v) is 8.80. The third kappa shape index (κ3) is 4.77. The average Bonchev–Trinajstić information content (AvgIpc) is 2.89. The number of rotatable bonds is 6. The van der Waals surface area contributed by atoms with Gasteiger partial charge >= 0.3 is 0 Å². The summed E-state index contributed by atoms with van der Waals surface area (Å²) in [5, 5.41) is 0.880. The minimum absolute atomic E-state index is 0.186. The number of hydrogen-bond acceptors (Lipinski definition) is 9. The maximum Gasteiger partial charge on any atom is 0.249 e. The van der Waals surface area contributed by atoms with Crippen molar-refractivity contribution in [3.05, 3.63) is 41.5 Å². The SMILES string of the molecule is COCc1ccc(-c2ccc3c(N4CCOCC4C)nc(N4CCOCC4)nc3n2)cc1C(N)=O. The number of morpholine rings is 2. The highest BCUT2D eigenvalue weighted by atomic mass is 16.5. The van der Waals surface area contributed by atoms with Gasteiger partial charge in [-0.05, 0) is 30.7 Å². The predicted molar refractivity (Wildman–Crippen MR) is 133 cm³/mol. The van der Waals surface area contributed by atoms with E-state index in [0.717, 1.165) is 42.0 Å². The van der Waals surface area contributed by atoms with E-state index >= 15 is 0 Å². The first-order valence-corrected chi connectivity index (χ1v) is 11.8. The summed E-state index contributed by atoms with van der Waals surface area (Å²) in [4.78, 5) is 31.2. The Balaban J connectivity index is 1.62. The number of fused-ring (bicyclic) bond motifs is 1. The van der Waals surface area contributed by atoms with E-state index in [1.165, 1.54) is 0 Å². The van der Waals surface area contributed by atoms with Crippen molar-refractivity contribution in [3.63, 3.8) is 0 Å². The Morgan fingerprint density at radius 2 is 1.89 bits per heavy atom. The zero-order valence-electron chi connectivity index (χ0n) is 20.1. The standard InChI is InChI=1S/C25H30N6O4/c1-16-14-35-12-9-31(16)24-19-5-6-21(17-3-4-18(15-33-2)20(13-17)22(26)32)27-23(19)28-25(29-24)30-7-10-34-11-8-30/h3-6,13,16H,7-12,14-15H2,1-2H3,(H2,26,32). The first-order chi connectivity index (χ1) is 17.0. The van der Waals surface area contributed by atoms with Crippen LogP contribution >= 0.6 is 0 Å². The number of carbonyl (C=O) groups is 1. The lowest BCUT2D eigenvalue weighted by atomic mass is 10.0. The zero-order valence-corrected chi connectivity index (χ0v) is 20.1. The number of aromatic nitrogens is 3. The molecule has 1 amide bonds. The number of hydrogen-bond donors (Lipinski definition) is 1. The smallest absolute Gasteiger partial charge is 0.249 e. The fourth-order valence-electron chi connectivity index (χ4n) is 4.56. The molecule has 2 aliphatic heterocycles. The molecule has 2 N–H and O–H groups in total. The molecule has 2 aliphatic rings. The van der Waals surface area contributed by atoms with Crippen LogP contribution in [0.1, 0.15) is 22.8 Å². The molecule has 184 valence electrons. The van der Waals surface area contributed by atoms with Crippen LogP contribution in [0.2, 0.25) is 0 Å². The fraction of sp³-hybridized carbons (Fsp3) is 0.440. The van der Waals surface area contributed by atoms with E-state index in [1.54, 1.807) is 13.2 Å². The van der Waals surface area contributed by atoms with Gasteiger partial charge in [0.2, 0.25) is 11.9 Å². The van der Waals surface area contributed by atoms with Crippen LogP contribution in [0.25, 0.3) is 22.3 Å². The first-order valence-electron chi connectivity index (χ1n) is 11.8. The van der Waals surface area contributed by atoms with Crippen LogP contribution in [-0.2, 0) is 20.8 Å². The summed E-state index contributed by atoms with van der Waals surface area (Å²) in [6.45, 7) is 7.23. The monoisotopic (exact) mass is 478 g/mol. The molecule has 2 fully saturated rings. The topological polar surface area (TPSA) is 116 Å². The Bertz CT molecular complexity index is 1230. The third-order valence-electron chi connectivity index (χ3n) is 6.43. The molecule has 1 aromatic carbocycles. The molecule has 10 heteroatoms. The lowest BCUT2D eigenvalue weighted by Crippen LogP contribution is -2.44. The van der Waals surface area contributed by atoms with Crippen molar-refractivity contribution in [2.45, 2.75) is 19.6 Å². The molecule has 0 saturated carbocycles. The number of carbonyl (C=O) groups excluding carboxylic acids is 1. The molecule has 5 rings (SSSR count). The highest BCUT2D eigenvalue weighted by molar-refractivity contribution is 5.96. The fourth-order valence-corrected chi connectivity index (χ4v) is 4.56. The molecular formula is C25H30N6O4. The van der Waals surface area contributed by atoms with Gasteiger partial charge in [-0.25, -0.2) is 4.98 Å². The number of primary amides is 1. The van der Waals surface area contributed by atoms with E-state index < -0.39 is 5.91 Å². The van der Waals surface area contributed by atoms with Gasteiger partial charge in [0.25, 0.3) is 0 Å². The molecule has 2 aromatic heterocycles. The van der Waals surface area contributed by atoms with Gasteiger partial charge < -0.3 is 29.7 Å². The molecule has 2 saturated heterocycles. The maximum absolute atomic E-state index is 12.1. The third-order valence-corrected chi connectivity index (χ3v) is 6.43. The number of anilines is 2. The van der Waals surface area contributed by atoms with Crippen LogP contribution in [0.5, 0.6) is 0 Å². The summed E-state index contributed by atoms with van der Waals surface area (Å²) < 4.78 is 16.4. The van der Waals surface area contributed by atoms with Crippen LogP contribution < -0.4 is 15.5 Å². The minimum Gasteiger partial charge on any atom is -0.380 e. The van der Waals surface area contributed by atoms with Crippen LogP contribution in [0, 0.1) is 0 Å². The molecular weight excluding hydrogens is 448 g/mol. The van der Waals surface area contributed by atoms with Gasteiger partial charge in [0.05, 0.1) is 50.2 Å². The van der Waals surface area contributed by atoms with Gasteiger partial charge in [-0.3, -0.25) is 4.79 Å². The van der Waals surface area contributed by atoms with Gasteiger partial charge in [0.1, 0.15) is 5.82 Å². The summed E-state index contributed by atoms with van der Waals surface area (Å²) in [5.41, 5.74) is 8.89. The molecule has 0 aliphatic carbocycles. The van der Waals surface area contributed by atoms with Crippen LogP contribution in [-0.4, -0.2) is 80.1 Å². The molecule has 0 radical (unpaired) electrons. The largest absolute Gasteiger partial charge is 0.380 e. The van der Waals surface area contributed by atoms with Crippen molar-refractivity contribution in [1.29, 1.82) is 0 Å². The van der Waals surface area contributed by atoms with E-state index in [0.29, 0.717) is 55.9 Å². The van der Waals surface area contributed by atoms with Crippen molar-refractivity contribution in [3.8, 4) is 11.3 Å². The Morgan fingerprint density at radius 1 is 1.09 bits per heavy atom. The molecule has 4 heterocycles. The number of nitrogens with two attached hydrogens (primary N) is 1. The summed E-state index contributed by atoms with van der Waals surface area (Å²) in [5.74, 6) is 1.01. The van der Waals surface area contributed by atoms with Crippen molar-refractivity contribution in [2.24, 2.45) is 5.73 Å². The summed E-state index contributed by atoms with van der Waals surface area (Å²) in [6, 6.07) is 9.66. The van der Waals surface area contributed by atoms with Gasteiger partial charge in [-0.2, -0.15) is 9.97 Å². The summed E-state index contributed by atoms with van der Waals surface area (Å²) in [6.07, 6.45) is 0. The molecule has 0 bridgehead atoms. The van der Waals surface area contributed by atoms with Gasteiger partial charge in [0, 0.05) is 37.9 Å². The molecule has 35 heavy (non-hydrogen) atoms. The molecule has 3 aromatic rings. The first kappa shape index (κ1) is 23.4. The quantitative estimate of drug-likeness (QED) is 0.568. The van der Waals surface area contributed by atoms with E-state index in [4.69, 9.17) is 34.9 Å². The molecule has 1 atom stereocenters. The van der Waals surface area contributed by atoms with Crippen molar-refractivity contribution in [1.82, 2.24) is 15.0 Å². The van der Waals surface area contributed by atoms with Crippen molar-refractivity contribution < 1.29 is 19.0 Å². The second-order valence-electron chi connectivity index (χ2n) is 8.80. The second kappa shape index (κ2) is 10.1. The predicted octanol–water partition coefficient (Wildman–Crippen LogP) is 2.00. The van der Waals surface area contributed by atoms with Crippen LogP contribution in [0.15, 0.2) is 30.3 Å². The highest BCUT2D eigenvalue weighted by Crippen LogP contribution is 2.31. The van der Waals surface area contributed by atoms with Crippen LogP contribution in [0.4, 0.5) is 11.8 Å². The van der Waals surface area contributed by atoms with Crippen molar-refractivity contribution in [2.75, 3.05) is 63.0 Å². The molecule has 1 unspecified atom stereocenters. The van der Waals surface area contributed by atoms with Crippen molar-refractivity contribution >= 4 is 28.7 Å². The van der Waals surface area contributed by atoms with Gasteiger partial charge in [-0.1, -0.05) is 12.1 Å². The number of amides is 1. The lowest BCUT2D eigenvalue weighted by Gasteiger charge is -2.35. The normalized spacial score (nSPS) is 18.7. The van der Waals surface area contributed by atoms with Gasteiger partial charge in [0.15, 0.2) is 5.65 Å². The Kier molecular flexibility index (Phi) is 6.76. The van der Waals surface area contributed by atoms with E-state index in [-0.39, 0.29) is 6.04 Å². The minimum atomic E-state index is -0.500. The van der Waals surface area contributed by atoms with Crippen LogP contribution in [0.3, 0.4) is 0 Å². The Hall–Kier alpha value is -3.34.